The van der Waals surface area contributed by atoms with E-state index in [2.05, 4.69) is 42.3 Å². The Morgan fingerprint density at radius 3 is 2.84 bits per heavy atom. The second kappa shape index (κ2) is 7.75. The summed E-state index contributed by atoms with van der Waals surface area (Å²) in [4.78, 5) is 20.4. The minimum Gasteiger partial charge on any atom is -0.340 e. The van der Waals surface area contributed by atoms with Gasteiger partial charge in [-0.3, -0.25) is 4.79 Å². The zero-order valence-corrected chi connectivity index (χ0v) is 15.0. The first-order chi connectivity index (χ1) is 12.2. The topological polar surface area (TPSA) is 66.9 Å². The van der Waals surface area contributed by atoms with Crippen molar-refractivity contribution in [2.75, 3.05) is 10.6 Å². The van der Waals surface area contributed by atoms with Crippen molar-refractivity contribution in [2.45, 2.75) is 6.92 Å². The van der Waals surface area contributed by atoms with Crippen LogP contribution in [0.2, 0.25) is 0 Å². The van der Waals surface area contributed by atoms with E-state index in [0.717, 1.165) is 21.1 Å². The lowest BCUT2D eigenvalue weighted by Gasteiger charge is -2.10. The summed E-state index contributed by atoms with van der Waals surface area (Å²) in [6.07, 6.45) is 4.54. The maximum absolute atomic E-state index is 11.8. The number of rotatable bonds is 4. The molecule has 0 saturated heterocycles. The highest BCUT2D eigenvalue weighted by Gasteiger charge is 2.07. The molecule has 1 amide bonds. The van der Waals surface area contributed by atoms with E-state index >= 15 is 0 Å². The first kappa shape index (κ1) is 16.9. The lowest BCUT2D eigenvalue weighted by molar-refractivity contribution is -0.111. The van der Waals surface area contributed by atoms with E-state index in [4.69, 9.17) is 0 Å². The molecule has 0 saturated carbocycles. The number of nitrogens with zero attached hydrogens (tertiary/aromatic N) is 2. The Labute approximate surface area is 153 Å². The minimum atomic E-state index is -0.240. The van der Waals surface area contributed by atoms with Crippen LogP contribution in [0.5, 0.6) is 0 Å². The molecule has 0 unspecified atom stereocenters. The molecule has 0 radical (unpaired) electrons. The molecular weight excluding hydrogens is 380 g/mol. The molecule has 3 rings (SSSR count). The Kier molecular flexibility index (Phi) is 5.23. The standard InChI is InChI=1S/C19H15BrN4O/c1-2-3-7-18(25)23-15-8-9-17-16(11-15)19(22-12-21-17)24-14-6-4-5-13(20)10-14/h2,4-12H,1H3,(H,23,25)(H,21,22,24). The molecule has 1 heterocycles. The van der Waals surface area contributed by atoms with Crippen LogP contribution >= 0.6 is 15.9 Å². The molecule has 5 nitrogen and oxygen atoms in total. The van der Waals surface area contributed by atoms with Gasteiger partial charge in [0, 0.05) is 27.3 Å². The molecule has 124 valence electrons. The highest BCUT2D eigenvalue weighted by Crippen LogP contribution is 2.26. The Hall–Kier alpha value is -2.95. The maximum Gasteiger partial charge on any atom is 0.256 e. The number of benzene rings is 2. The van der Waals surface area contributed by atoms with Gasteiger partial charge in [-0.05, 0) is 49.4 Å². The highest BCUT2D eigenvalue weighted by atomic mass is 79.9. The fourth-order valence-corrected chi connectivity index (χ4v) is 2.67. The van der Waals surface area contributed by atoms with Crippen molar-refractivity contribution in [1.29, 1.82) is 0 Å². The van der Waals surface area contributed by atoms with Crippen molar-refractivity contribution in [3.63, 3.8) is 0 Å². The van der Waals surface area contributed by atoms with Crippen molar-refractivity contribution < 1.29 is 4.79 Å². The molecule has 3 aromatic rings. The number of hydrogen-bond donors (Lipinski definition) is 2. The van der Waals surface area contributed by atoms with Crippen molar-refractivity contribution in [3.05, 3.63) is 71.1 Å². The second-order valence-electron chi connectivity index (χ2n) is 5.18. The van der Waals surface area contributed by atoms with Crippen molar-refractivity contribution in [1.82, 2.24) is 9.97 Å². The molecule has 25 heavy (non-hydrogen) atoms. The summed E-state index contributed by atoms with van der Waals surface area (Å²) in [7, 11) is 0. The van der Waals surface area contributed by atoms with E-state index in [9.17, 15) is 4.79 Å². The average molecular weight is 395 g/mol. The van der Waals surface area contributed by atoms with Crippen LogP contribution in [0.15, 0.2) is 71.1 Å². The molecule has 0 aliphatic carbocycles. The summed E-state index contributed by atoms with van der Waals surface area (Å²) in [5.41, 5.74) is 5.11. The van der Waals surface area contributed by atoms with Gasteiger partial charge in [0.25, 0.3) is 5.91 Å². The van der Waals surface area contributed by atoms with Gasteiger partial charge in [-0.2, -0.15) is 0 Å². The van der Waals surface area contributed by atoms with Gasteiger partial charge in [-0.25, -0.2) is 9.97 Å². The van der Waals surface area contributed by atoms with Gasteiger partial charge < -0.3 is 10.6 Å². The lowest BCUT2D eigenvalue weighted by atomic mass is 10.2. The summed E-state index contributed by atoms with van der Waals surface area (Å²) in [5, 5.41) is 6.90. The Bertz CT molecular complexity index is 994. The molecule has 0 spiro atoms. The first-order valence-electron chi connectivity index (χ1n) is 7.61. The Balaban J connectivity index is 1.94. The lowest BCUT2D eigenvalue weighted by Crippen LogP contribution is -2.07. The fraction of sp³-hybridized carbons (Fsp3) is 0.0526. The maximum atomic E-state index is 11.8. The summed E-state index contributed by atoms with van der Waals surface area (Å²) in [6.45, 7) is 1.80. The van der Waals surface area contributed by atoms with E-state index in [1.54, 1.807) is 19.1 Å². The van der Waals surface area contributed by atoms with Gasteiger partial charge >= 0.3 is 0 Å². The molecule has 6 heteroatoms. The van der Waals surface area contributed by atoms with Gasteiger partial charge in [0.2, 0.25) is 0 Å². The van der Waals surface area contributed by atoms with Crippen LogP contribution in [-0.4, -0.2) is 15.9 Å². The third kappa shape index (κ3) is 4.32. The van der Waals surface area contributed by atoms with Crippen LogP contribution in [0.25, 0.3) is 10.9 Å². The molecule has 0 fully saturated rings. The van der Waals surface area contributed by atoms with Crippen LogP contribution < -0.4 is 10.6 Å². The van der Waals surface area contributed by atoms with Gasteiger partial charge in [-0.15, -0.1) is 5.73 Å². The van der Waals surface area contributed by atoms with Crippen molar-refractivity contribution in [3.8, 4) is 0 Å². The Morgan fingerprint density at radius 1 is 1.16 bits per heavy atom. The molecular formula is C19H15BrN4O. The monoisotopic (exact) mass is 394 g/mol. The van der Waals surface area contributed by atoms with E-state index in [-0.39, 0.29) is 5.91 Å². The number of aromatic nitrogens is 2. The second-order valence-corrected chi connectivity index (χ2v) is 6.09. The molecule has 0 aliphatic rings. The van der Waals surface area contributed by atoms with Crippen LogP contribution in [-0.2, 0) is 4.79 Å². The molecule has 2 aromatic carbocycles. The van der Waals surface area contributed by atoms with Crippen molar-refractivity contribution in [2.24, 2.45) is 0 Å². The highest BCUT2D eigenvalue weighted by molar-refractivity contribution is 9.10. The van der Waals surface area contributed by atoms with Gasteiger partial charge in [0.05, 0.1) is 5.52 Å². The van der Waals surface area contributed by atoms with E-state index in [0.29, 0.717) is 11.5 Å². The fourth-order valence-electron chi connectivity index (χ4n) is 2.27. The number of amides is 1. The molecule has 1 aromatic heterocycles. The van der Waals surface area contributed by atoms with Crippen LogP contribution in [0.3, 0.4) is 0 Å². The molecule has 0 bridgehead atoms. The summed E-state index contributed by atoms with van der Waals surface area (Å²) < 4.78 is 0.972. The average Bonchev–Trinajstić information content (AvgIpc) is 2.60. The molecule has 0 atom stereocenters. The first-order valence-corrected chi connectivity index (χ1v) is 8.40. The number of carbonyl (C=O) groups excluding carboxylic acids is 1. The predicted molar refractivity (Wildman–Crippen MR) is 104 cm³/mol. The zero-order chi connectivity index (χ0) is 17.6. The predicted octanol–water partition coefficient (Wildman–Crippen LogP) is 4.81. The third-order valence-electron chi connectivity index (χ3n) is 3.37. The third-order valence-corrected chi connectivity index (χ3v) is 3.86. The number of fused-ring (bicyclic) bond motifs is 1. The SMILES string of the molecule is CC=C=CC(=O)Nc1ccc2ncnc(Nc3cccc(Br)c3)c2c1. The number of halogens is 1. The van der Waals surface area contributed by atoms with Crippen LogP contribution in [0, 0.1) is 0 Å². The van der Waals surface area contributed by atoms with Crippen LogP contribution in [0.4, 0.5) is 17.2 Å². The number of hydrogen-bond acceptors (Lipinski definition) is 4. The molecule has 2 N–H and O–H groups in total. The van der Waals surface area contributed by atoms with E-state index in [1.165, 1.54) is 12.4 Å². The van der Waals surface area contributed by atoms with Crippen molar-refractivity contribution >= 4 is 49.9 Å². The largest absolute Gasteiger partial charge is 0.340 e. The number of anilines is 3. The van der Waals surface area contributed by atoms with Gasteiger partial charge in [0.15, 0.2) is 0 Å². The smallest absolute Gasteiger partial charge is 0.256 e. The summed E-state index contributed by atoms with van der Waals surface area (Å²) in [5.74, 6) is 0.430. The summed E-state index contributed by atoms with van der Waals surface area (Å²) in [6, 6.07) is 13.3. The Morgan fingerprint density at radius 2 is 2.04 bits per heavy atom. The normalized spacial score (nSPS) is 10.0. The zero-order valence-electron chi connectivity index (χ0n) is 13.5. The van der Waals surface area contributed by atoms with Gasteiger partial charge in [-0.1, -0.05) is 22.0 Å². The minimum absolute atomic E-state index is 0.240. The quantitative estimate of drug-likeness (QED) is 0.492. The van der Waals surface area contributed by atoms with E-state index in [1.807, 2.05) is 36.4 Å². The van der Waals surface area contributed by atoms with Gasteiger partial charge in [0.1, 0.15) is 12.1 Å². The molecule has 0 aliphatic heterocycles. The van der Waals surface area contributed by atoms with E-state index < -0.39 is 0 Å². The van der Waals surface area contributed by atoms with Crippen LogP contribution in [0.1, 0.15) is 6.92 Å². The number of nitrogens with one attached hydrogen (secondary N) is 2. The number of carbonyl (C=O) groups is 1. The summed E-state index contributed by atoms with van der Waals surface area (Å²) >= 11 is 3.45.